The van der Waals surface area contributed by atoms with E-state index in [0.29, 0.717) is 11.5 Å². The Balaban J connectivity index is 2.16. The zero-order valence-corrected chi connectivity index (χ0v) is 20.5. The molecule has 2 rings (SSSR count). The SMILES string of the molecule is CCN(CC)S(=O)(=O)c1ccc(OC(C)C(=O)NCc2ccc(OC)c(OC)c2)c([N+](=O)[O-])c1. The van der Waals surface area contributed by atoms with Gasteiger partial charge in [0, 0.05) is 25.7 Å². The molecule has 0 saturated carbocycles. The number of ether oxygens (including phenoxy) is 3. The molecule has 0 aliphatic carbocycles. The van der Waals surface area contributed by atoms with E-state index in [1.807, 2.05) is 0 Å². The van der Waals surface area contributed by atoms with Crippen molar-refractivity contribution in [3.8, 4) is 17.2 Å². The first kappa shape index (κ1) is 26.9. The van der Waals surface area contributed by atoms with E-state index < -0.39 is 32.6 Å². The van der Waals surface area contributed by atoms with Gasteiger partial charge < -0.3 is 19.5 Å². The van der Waals surface area contributed by atoms with Crippen molar-refractivity contribution in [2.75, 3.05) is 27.3 Å². The number of benzene rings is 2. The molecular formula is C22H29N3O8S. The molecule has 1 amide bonds. The second kappa shape index (κ2) is 11.7. The van der Waals surface area contributed by atoms with E-state index in [9.17, 15) is 23.3 Å². The normalized spacial score (nSPS) is 12.2. The van der Waals surface area contributed by atoms with Crippen molar-refractivity contribution in [3.05, 3.63) is 52.1 Å². The average molecular weight is 496 g/mol. The van der Waals surface area contributed by atoms with Crippen LogP contribution in [0.3, 0.4) is 0 Å². The number of methoxy groups -OCH3 is 2. The number of carbonyl (C=O) groups excluding carboxylic acids is 1. The molecule has 1 N–H and O–H groups in total. The Labute approximate surface area is 198 Å². The average Bonchev–Trinajstić information content (AvgIpc) is 2.82. The molecule has 1 atom stereocenters. The topological polar surface area (TPSA) is 137 Å². The molecule has 11 nitrogen and oxygen atoms in total. The van der Waals surface area contributed by atoms with Crippen molar-refractivity contribution >= 4 is 21.6 Å². The predicted molar refractivity (Wildman–Crippen MR) is 125 cm³/mol. The zero-order valence-electron chi connectivity index (χ0n) is 19.7. The first-order valence-electron chi connectivity index (χ1n) is 10.5. The molecule has 2 aromatic carbocycles. The third kappa shape index (κ3) is 6.14. The highest BCUT2D eigenvalue weighted by molar-refractivity contribution is 7.89. The summed E-state index contributed by atoms with van der Waals surface area (Å²) in [5.74, 6) is 0.336. The summed E-state index contributed by atoms with van der Waals surface area (Å²) < 4.78 is 42.5. The molecule has 0 heterocycles. The van der Waals surface area contributed by atoms with E-state index in [4.69, 9.17) is 14.2 Å². The van der Waals surface area contributed by atoms with Crippen LogP contribution >= 0.6 is 0 Å². The summed E-state index contributed by atoms with van der Waals surface area (Å²) in [6.45, 7) is 5.40. The highest BCUT2D eigenvalue weighted by Crippen LogP contribution is 2.32. The van der Waals surface area contributed by atoms with Gasteiger partial charge in [0.05, 0.1) is 24.0 Å². The first-order valence-corrected chi connectivity index (χ1v) is 12.0. The highest BCUT2D eigenvalue weighted by Gasteiger charge is 2.27. The van der Waals surface area contributed by atoms with Gasteiger partial charge in [-0.3, -0.25) is 14.9 Å². The maximum atomic E-state index is 12.7. The van der Waals surface area contributed by atoms with Gasteiger partial charge in [-0.25, -0.2) is 8.42 Å². The second-order valence-electron chi connectivity index (χ2n) is 7.14. The van der Waals surface area contributed by atoms with Crippen LogP contribution in [-0.4, -0.2) is 57.0 Å². The van der Waals surface area contributed by atoms with Crippen LogP contribution in [0.1, 0.15) is 26.3 Å². The van der Waals surface area contributed by atoms with Crippen LogP contribution in [0.25, 0.3) is 0 Å². The summed E-state index contributed by atoms with van der Waals surface area (Å²) in [4.78, 5) is 23.1. The molecule has 0 aliphatic heterocycles. The Morgan fingerprint density at radius 1 is 1.06 bits per heavy atom. The fourth-order valence-electron chi connectivity index (χ4n) is 3.18. The molecule has 0 bridgehead atoms. The molecule has 2 aromatic rings. The lowest BCUT2D eigenvalue weighted by atomic mass is 10.2. The molecule has 1 unspecified atom stereocenters. The Kier molecular flexibility index (Phi) is 9.21. The molecule has 0 aliphatic rings. The fourth-order valence-corrected chi connectivity index (χ4v) is 4.66. The molecule has 186 valence electrons. The van der Waals surface area contributed by atoms with Crippen LogP contribution in [0, 0.1) is 10.1 Å². The molecule has 0 radical (unpaired) electrons. The van der Waals surface area contributed by atoms with Crippen LogP contribution in [0.2, 0.25) is 0 Å². The molecule has 12 heteroatoms. The van der Waals surface area contributed by atoms with Gasteiger partial charge in [-0.15, -0.1) is 0 Å². The third-order valence-corrected chi connectivity index (χ3v) is 7.10. The lowest BCUT2D eigenvalue weighted by Gasteiger charge is -2.19. The van der Waals surface area contributed by atoms with E-state index >= 15 is 0 Å². The van der Waals surface area contributed by atoms with Crippen LogP contribution in [-0.2, 0) is 21.4 Å². The van der Waals surface area contributed by atoms with Gasteiger partial charge >= 0.3 is 5.69 Å². The van der Waals surface area contributed by atoms with E-state index in [0.717, 1.165) is 11.6 Å². The summed E-state index contributed by atoms with van der Waals surface area (Å²) in [5.41, 5.74) is 0.197. The number of nitro benzene ring substituents is 1. The maximum Gasteiger partial charge on any atom is 0.312 e. The van der Waals surface area contributed by atoms with Gasteiger partial charge in [0.15, 0.2) is 23.4 Å². The summed E-state index contributed by atoms with van der Waals surface area (Å²) in [6.07, 6.45) is -1.08. The molecule has 34 heavy (non-hydrogen) atoms. The highest BCUT2D eigenvalue weighted by atomic mass is 32.2. The maximum absolute atomic E-state index is 12.7. The van der Waals surface area contributed by atoms with Gasteiger partial charge in [0.25, 0.3) is 5.91 Å². The van der Waals surface area contributed by atoms with Crippen molar-refractivity contribution in [3.63, 3.8) is 0 Å². The Bertz CT molecular complexity index is 1130. The van der Waals surface area contributed by atoms with Gasteiger partial charge in [0.2, 0.25) is 10.0 Å². The summed E-state index contributed by atoms with van der Waals surface area (Å²) in [7, 11) is -0.876. The van der Waals surface area contributed by atoms with Crippen molar-refractivity contribution in [2.45, 2.75) is 38.3 Å². The number of sulfonamides is 1. The van der Waals surface area contributed by atoms with E-state index in [1.165, 1.54) is 37.6 Å². The fraction of sp³-hybridized carbons (Fsp3) is 0.409. The number of hydrogen-bond acceptors (Lipinski definition) is 8. The van der Waals surface area contributed by atoms with Gasteiger partial charge in [-0.2, -0.15) is 4.31 Å². The van der Waals surface area contributed by atoms with Gasteiger partial charge in [-0.1, -0.05) is 19.9 Å². The zero-order chi connectivity index (χ0) is 25.5. The molecular weight excluding hydrogens is 466 g/mol. The number of carbonyl (C=O) groups is 1. The third-order valence-electron chi connectivity index (χ3n) is 5.06. The summed E-state index contributed by atoms with van der Waals surface area (Å²) >= 11 is 0. The van der Waals surface area contributed by atoms with Gasteiger partial charge in [-0.05, 0) is 36.8 Å². The molecule has 0 saturated heterocycles. The number of amides is 1. The Hall–Kier alpha value is -3.38. The summed E-state index contributed by atoms with van der Waals surface area (Å²) in [6, 6.07) is 8.53. The monoisotopic (exact) mass is 495 g/mol. The molecule has 0 aromatic heterocycles. The number of rotatable bonds is 12. The number of hydrogen-bond donors (Lipinski definition) is 1. The van der Waals surface area contributed by atoms with Gasteiger partial charge in [0.1, 0.15) is 0 Å². The van der Waals surface area contributed by atoms with E-state index in [1.54, 1.807) is 32.0 Å². The molecule has 0 spiro atoms. The van der Waals surface area contributed by atoms with Crippen LogP contribution in [0.15, 0.2) is 41.3 Å². The number of nitrogens with zero attached hydrogens (tertiary/aromatic N) is 2. The van der Waals surface area contributed by atoms with Crippen molar-refractivity contribution in [1.82, 2.24) is 9.62 Å². The predicted octanol–water partition coefficient (Wildman–Crippen LogP) is 2.73. The standard InChI is InChI=1S/C22H29N3O8S/c1-6-24(7-2)34(29,30)17-9-11-19(18(13-17)25(27)28)33-15(3)22(26)23-14-16-8-10-20(31-4)21(12-16)32-5/h8-13,15H,6-7,14H2,1-5H3,(H,23,26). The smallest absolute Gasteiger partial charge is 0.312 e. The van der Waals surface area contributed by atoms with Crippen LogP contribution in [0.5, 0.6) is 17.2 Å². The second-order valence-corrected chi connectivity index (χ2v) is 9.08. The van der Waals surface area contributed by atoms with Crippen molar-refractivity contribution in [1.29, 1.82) is 0 Å². The minimum atomic E-state index is -3.89. The molecule has 0 fully saturated rings. The van der Waals surface area contributed by atoms with E-state index in [-0.39, 0.29) is 30.3 Å². The first-order chi connectivity index (χ1) is 16.1. The minimum Gasteiger partial charge on any atom is -0.493 e. The van der Waals surface area contributed by atoms with Crippen molar-refractivity contribution in [2.24, 2.45) is 0 Å². The van der Waals surface area contributed by atoms with Crippen molar-refractivity contribution < 1.29 is 32.3 Å². The quantitative estimate of drug-likeness (QED) is 0.350. The van der Waals surface area contributed by atoms with E-state index in [2.05, 4.69) is 5.32 Å². The largest absolute Gasteiger partial charge is 0.493 e. The Morgan fingerprint density at radius 3 is 2.24 bits per heavy atom. The minimum absolute atomic E-state index is 0.163. The number of nitrogens with one attached hydrogen (secondary N) is 1. The Morgan fingerprint density at radius 2 is 1.68 bits per heavy atom. The van der Waals surface area contributed by atoms with Crippen LogP contribution in [0.4, 0.5) is 5.69 Å². The number of nitro groups is 1. The summed E-state index contributed by atoms with van der Waals surface area (Å²) in [5, 5.41) is 14.3. The lowest BCUT2D eigenvalue weighted by Crippen LogP contribution is -2.36. The lowest BCUT2D eigenvalue weighted by molar-refractivity contribution is -0.386. The van der Waals surface area contributed by atoms with Crippen LogP contribution < -0.4 is 19.5 Å².